The lowest BCUT2D eigenvalue weighted by Gasteiger charge is -2.10. The number of phenols is 1. The molecule has 0 atom stereocenters. The Bertz CT molecular complexity index is 1240. The van der Waals surface area contributed by atoms with Crippen LogP contribution in [0.3, 0.4) is 0 Å². The first-order chi connectivity index (χ1) is 13.1. The number of nitrogens with zero attached hydrogens (tertiary/aromatic N) is 1. The number of carbonyl (C=O) groups is 1. The molecule has 0 aromatic heterocycles. The van der Waals surface area contributed by atoms with E-state index in [9.17, 15) is 33.0 Å². The van der Waals surface area contributed by atoms with Crippen LogP contribution in [0.5, 0.6) is 5.75 Å². The van der Waals surface area contributed by atoms with Crippen molar-refractivity contribution in [3.05, 3.63) is 69.8 Å². The van der Waals surface area contributed by atoms with Crippen LogP contribution in [0.25, 0.3) is 10.8 Å². The molecule has 0 aliphatic rings. The molecule has 0 fully saturated rings. The van der Waals surface area contributed by atoms with Gasteiger partial charge in [0.15, 0.2) is 0 Å². The topological polar surface area (TPSA) is 147 Å². The second-order valence-corrected chi connectivity index (χ2v) is 7.42. The van der Waals surface area contributed by atoms with E-state index in [-0.39, 0.29) is 33.5 Å². The van der Waals surface area contributed by atoms with Crippen molar-refractivity contribution in [2.75, 3.05) is 5.32 Å². The summed E-state index contributed by atoms with van der Waals surface area (Å²) in [5, 5.41) is 23.8. The lowest BCUT2D eigenvalue weighted by Crippen LogP contribution is -2.12. The van der Waals surface area contributed by atoms with Gasteiger partial charge in [0.05, 0.1) is 4.92 Å². The quantitative estimate of drug-likeness (QED) is 0.345. The minimum Gasteiger partial charge on any atom is -0.507 e. The number of hydrogen-bond donors (Lipinski definition) is 3. The van der Waals surface area contributed by atoms with Crippen LogP contribution in [-0.2, 0) is 10.1 Å². The molecule has 0 heterocycles. The molecule has 9 nitrogen and oxygen atoms in total. The molecule has 0 bridgehead atoms. The number of nitro benzene ring substituents is 1. The number of aryl methyl sites for hydroxylation is 1. The highest BCUT2D eigenvalue weighted by atomic mass is 32.2. The minimum atomic E-state index is -4.56. The van der Waals surface area contributed by atoms with Gasteiger partial charge in [0.1, 0.15) is 10.6 Å². The molecule has 3 aromatic carbocycles. The zero-order valence-electron chi connectivity index (χ0n) is 14.4. The van der Waals surface area contributed by atoms with E-state index in [1.807, 2.05) is 0 Å². The molecule has 3 aromatic rings. The summed E-state index contributed by atoms with van der Waals surface area (Å²) in [7, 11) is -4.56. The van der Waals surface area contributed by atoms with Gasteiger partial charge in [-0.15, -0.1) is 0 Å². The number of benzene rings is 3. The molecule has 3 rings (SSSR count). The summed E-state index contributed by atoms with van der Waals surface area (Å²) in [5.41, 5.74) is 0.236. The van der Waals surface area contributed by atoms with Gasteiger partial charge in [-0.2, -0.15) is 8.42 Å². The van der Waals surface area contributed by atoms with E-state index in [1.54, 1.807) is 0 Å². The molecule has 0 aliphatic carbocycles. The molecule has 3 N–H and O–H groups in total. The largest absolute Gasteiger partial charge is 0.507 e. The fourth-order valence-electron chi connectivity index (χ4n) is 2.79. The highest BCUT2D eigenvalue weighted by Gasteiger charge is 2.18. The van der Waals surface area contributed by atoms with Crippen LogP contribution in [0.2, 0.25) is 0 Å². The summed E-state index contributed by atoms with van der Waals surface area (Å²) in [4.78, 5) is 22.5. The van der Waals surface area contributed by atoms with Gasteiger partial charge >= 0.3 is 0 Å². The summed E-state index contributed by atoms with van der Waals surface area (Å²) in [5.74, 6) is -1.00. The van der Waals surface area contributed by atoms with E-state index in [4.69, 9.17) is 0 Å². The predicted molar refractivity (Wildman–Crippen MR) is 101 cm³/mol. The smallest absolute Gasteiger partial charge is 0.295 e. The summed E-state index contributed by atoms with van der Waals surface area (Å²) >= 11 is 0. The van der Waals surface area contributed by atoms with Crippen molar-refractivity contribution in [2.45, 2.75) is 11.8 Å². The molecule has 0 saturated carbocycles. The molecule has 10 heteroatoms. The van der Waals surface area contributed by atoms with Crippen molar-refractivity contribution in [3.8, 4) is 5.75 Å². The Morgan fingerprint density at radius 3 is 2.46 bits per heavy atom. The van der Waals surface area contributed by atoms with E-state index in [0.29, 0.717) is 5.56 Å². The highest BCUT2D eigenvalue weighted by Crippen LogP contribution is 2.33. The zero-order valence-corrected chi connectivity index (χ0v) is 15.2. The average molecular weight is 402 g/mol. The Hall–Kier alpha value is -3.50. The number of aromatic hydroxyl groups is 1. The van der Waals surface area contributed by atoms with Crippen LogP contribution >= 0.6 is 0 Å². The van der Waals surface area contributed by atoms with Gasteiger partial charge in [0.25, 0.3) is 21.7 Å². The fraction of sp³-hybridized carbons (Fsp3) is 0.0556. The van der Waals surface area contributed by atoms with Crippen LogP contribution in [0, 0.1) is 17.0 Å². The maximum Gasteiger partial charge on any atom is 0.295 e. The minimum absolute atomic E-state index is 0.00943. The standard InChI is InChI=1S/C18H14N2O7S/c1-10-5-6-11(7-15(10)20(23)24)18(22)19-12-8-14-13(16(21)9-12)3-2-4-17(14)28(25,26)27/h2-9,21H,1H3,(H,19,22)(H,25,26,27). The maximum atomic E-state index is 12.4. The average Bonchev–Trinajstić information content (AvgIpc) is 2.60. The first-order valence-electron chi connectivity index (χ1n) is 7.87. The van der Waals surface area contributed by atoms with Crippen molar-refractivity contribution in [3.63, 3.8) is 0 Å². The third kappa shape index (κ3) is 3.63. The van der Waals surface area contributed by atoms with Crippen LogP contribution in [0.15, 0.2) is 53.4 Å². The number of fused-ring (bicyclic) bond motifs is 1. The second kappa shape index (κ2) is 6.91. The molecule has 1 amide bonds. The van der Waals surface area contributed by atoms with E-state index in [1.165, 1.54) is 43.3 Å². The third-order valence-electron chi connectivity index (χ3n) is 4.14. The van der Waals surface area contributed by atoms with Gasteiger partial charge < -0.3 is 10.4 Å². The maximum absolute atomic E-state index is 12.4. The molecule has 144 valence electrons. The van der Waals surface area contributed by atoms with E-state index >= 15 is 0 Å². The Labute approximate surface area is 159 Å². The third-order valence-corrected chi connectivity index (χ3v) is 5.05. The molecule has 0 radical (unpaired) electrons. The van der Waals surface area contributed by atoms with Gasteiger partial charge in [0.2, 0.25) is 0 Å². The molecule has 0 saturated heterocycles. The van der Waals surface area contributed by atoms with E-state index < -0.39 is 25.8 Å². The van der Waals surface area contributed by atoms with Gasteiger partial charge in [0, 0.05) is 39.7 Å². The highest BCUT2D eigenvalue weighted by molar-refractivity contribution is 7.86. The first-order valence-corrected chi connectivity index (χ1v) is 9.31. The van der Waals surface area contributed by atoms with Crippen LogP contribution in [0.1, 0.15) is 15.9 Å². The number of nitro groups is 1. The molecule has 28 heavy (non-hydrogen) atoms. The Morgan fingerprint density at radius 1 is 1.11 bits per heavy atom. The SMILES string of the molecule is Cc1ccc(C(=O)Nc2cc(O)c3cccc(S(=O)(=O)O)c3c2)cc1[N+](=O)[O-]. The number of phenolic OH excluding ortho intramolecular Hbond substituents is 1. The Kier molecular flexibility index (Phi) is 4.75. The normalized spacial score (nSPS) is 11.4. The lowest BCUT2D eigenvalue weighted by atomic mass is 10.1. The molecule has 0 aliphatic heterocycles. The van der Waals surface area contributed by atoms with E-state index in [0.717, 1.165) is 12.1 Å². The molecule has 0 unspecified atom stereocenters. The van der Waals surface area contributed by atoms with Crippen molar-refractivity contribution in [1.29, 1.82) is 0 Å². The monoisotopic (exact) mass is 402 g/mol. The number of hydrogen-bond acceptors (Lipinski definition) is 6. The fourth-order valence-corrected chi connectivity index (χ4v) is 3.48. The summed E-state index contributed by atoms with van der Waals surface area (Å²) in [6, 6.07) is 10.4. The van der Waals surface area contributed by atoms with Crippen molar-refractivity contribution in [1.82, 2.24) is 0 Å². The summed E-state index contributed by atoms with van der Waals surface area (Å²) in [6.07, 6.45) is 0. The molecule has 0 spiro atoms. The van der Waals surface area contributed by atoms with Gasteiger partial charge in [-0.1, -0.05) is 18.2 Å². The predicted octanol–water partition coefficient (Wildman–Crippen LogP) is 3.26. The van der Waals surface area contributed by atoms with E-state index in [2.05, 4.69) is 5.32 Å². The molecular weight excluding hydrogens is 388 g/mol. The van der Waals surface area contributed by atoms with Crippen LogP contribution in [-0.4, -0.2) is 28.9 Å². The number of rotatable bonds is 4. The van der Waals surface area contributed by atoms with Crippen molar-refractivity contribution >= 4 is 38.2 Å². The van der Waals surface area contributed by atoms with Crippen LogP contribution < -0.4 is 5.32 Å². The van der Waals surface area contributed by atoms with Crippen molar-refractivity contribution in [2.24, 2.45) is 0 Å². The van der Waals surface area contributed by atoms with Gasteiger partial charge in [-0.25, -0.2) is 0 Å². The summed E-state index contributed by atoms with van der Waals surface area (Å²) < 4.78 is 32.5. The number of anilines is 1. The van der Waals surface area contributed by atoms with Crippen molar-refractivity contribution < 1.29 is 27.8 Å². The number of nitrogens with one attached hydrogen (secondary N) is 1. The second-order valence-electron chi connectivity index (χ2n) is 6.03. The summed E-state index contributed by atoms with van der Waals surface area (Å²) in [6.45, 7) is 1.54. The zero-order chi connectivity index (χ0) is 20.6. The van der Waals surface area contributed by atoms with Gasteiger partial charge in [-0.3, -0.25) is 19.5 Å². The Balaban J connectivity index is 2.05. The lowest BCUT2D eigenvalue weighted by molar-refractivity contribution is -0.385. The first kappa shape index (κ1) is 19.3. The van der Waals surface area contributed by atoms with Crippen LogP contribution in [0.4, 0.5) is 11.4 Å². The number of amides is 1. The number of carbonyl (C=O) groups excluding carboxylic acids is 1. The Morgan fingerprint density at radius 2 is 1.82 bits per heavy atom. The van der Waals surface area contributed by atoms with Gasteiger partial charge in [-0.05, 0) is 25.1 Å². The molecular formula is C18H14N2O7S.